The predicted molar refractivity (Wildman–Crippen MR) is 71.3 cm³/mol. The lowest BCUT2D eigenvalue weighted by molar-refractivity contribution is -0.128. The number of aromatic nitrogens is 1. The number of hydrogen-bond acceptors (Lipinski definition) is 3. The molecule has 1 fully saturated rings. The fourth-order valence-corrected chi connectivity index (χ4v) is 2.15. The van der Waals surface area contributed by atoms with Gasteiger partial charge in [-0.05, 0) is 43.4 Å². The van der Waals surface area contributed by atoms with Gasteiger partial charge in [0.25, 0.3) is 0 Å². The van der Waals surface area contributed by atoms with E-state index in [0.29, 0.717) is 19.4 Å². The van der Waals surface area contributed by atoms with Crippen LogP contribution in [0, 0.1) is 0 Å². The summed E-state index contributed by atoms with van der Waals surface area (Å²) in [7, 11) is 0. The van der Waals surface area contributed by atoms with Crippen LogP contribution in [0.2, 0.25) is 0 Å². The van der Waals surface area contributed by atoms with Crippen molar-refractivity contribution < 1.29 is 9.59 Å². The van der Waals surface area contributed by atoms with Gasteiger partial charge in [0.05, 0.1) is 0 Å². The Balaban J connectivity index is 1.79. The van der Waals surface area contributed by atoms with Gasteiger partial charge in [-0.1, -0.05) is 0 Å². The minimum absolute atomic E-state index is 0.0604. The van der Waals surface area contributed by atoms with E-state index in [0.717, 1.165) is 24.8 Å². The van der Waals surface area contributed by atoms with Crippen LogP contribution in [0.25, 0.3) is 0 Å². The second kappa shape index (κ2) is 6.87. The third-order valence-corrected chi connectivity index (χ3v) is 3.26. The van der Waals surface area contributed by atoms with Crippen molar-refractivity contribution in [1.82, 2.24) is 15.6 Å². The van der Waals surface area contributed by atoms with E-state index in [1.807, 2.05) is 12.1 Å². The number of hydrogen-bond donors (Lipinski definition) is 2. The maximum atomic E-state index is 11.8. The first-order valence-electron chi connectivity index (χ1n) is 6.71. The summed E-state index contributed by atoms with van der Waals surface area (Å²) in [6.45, 7) is 0.711. The number of pyridine rings is 1. The van der Waals surface area contributed by atoms with Crippen molar-refractivity contribution in [1.29, 1.82) is 0 Å². The molecule has 2 N–H and O–H groups in total. The van der Waals surface area contributed by atoms with Crippen molar-refractivity contribution in [3.63, 3.8) is 0 Å². The summed E-state index contributed by atoms with van der Waals surface area (Å²) >= 11 is 0. The zero-order valence-electron chi connectivity index (χ0n) is 10.9. The van der Waals surface area contributed by atoms with Crippen molar-refractivity contribution in [3.8, 4) is 0 Å². The number of carbonyl (C=O) groups is 2. The van der Waals surface area contributed by atoms with Gasteiger partial charge in [0, 0.05) is 25.4 Å². The van der Waals surface area contributed by atoms with E-state index in [9.17, 15) is 9.59 Å². The molecular weight excluding hydrogens is 242 g/mol. The standard InChI is InChI=1S/C14H19N3O2/c18-13(5-4-11-6-9-15-10-7-11)17-12-3-1-2-8-16-14(12)19/h6-7,9-10,12H,1-5,8H2,(H,16,19)(H,17,18). The Labute approximate surface area is 112 Å². The van der Waals surface area contributed by atoms with Crippen molar-refractivity contribution in [2.75, 3.05) is 6.54 Å². The van der Waals surface area contributed by atoms with E-state index < -0.39 is 0 Å². The SMILES string of the molecule is O=C(CCc1ccncc1)NC1CCCCNC1=O. The van der Waals surface area contributed by atoms with Gasteiger partial charge >= 0.3 is 0 Å². The molecule has 0 bridgehead atoms. The van der Waals surface area contributed by atoms with Crippen molar-refractivity contribution >= 4 is 11.8 Å². The van der Waals surface area contributed by atoms with E-state index >= 15 is 0 Å². The predicted octanol–water partition coefficient (Wildman–Crippen LogP) is 0.799. The summed E-state index contributed by atoms with van der Waals surface area (Å²) < 4.78 is 0. The normalized spacial score (nSPS) is 19.4. The zero-order valence-corrected chi connectivity index (χ0v) is 10.9. The third-order valence-electron chi connectivity index (χ3n) is 3.26. The van der Waals surface area contributed by atoms with Crippen molar-refractivity contribution in [2.24, 2.45) is 0 Å². The fourth-order valence-electron chi connectivity index (χ4n) is 2.15. The summed E-state index contributed by atoms with van der Waals surface area (Å²) in [6.07, 6.45) is 7.17. The highest BCUT2D eigenvalue weighted by Gasteiger charge is 2.21. The molecule has 2 amide bonds. The molecule has 19 heavy (non-hydrogen) atoms. The van der Waals surface area contributed by atoms with Crippen molar-refractivity contribution in [3.05, 3.63) is 30.1 Å². The van der Waals surface area contributed by atoms with Crippen LogP contribution in [0.1, 0.15) is 31.2 Å². The smallest absolute Gasteiger partial charge is 0.242 e. The van der Waals surface area contributed by atoms with Gasteiger partial charge in [-0.25, -0.2) is 0 Å². The molecule has 0 saturated carbocycles. The molecule has 1 saturated heterocycles. The summed E-state index contributed by atoms with van der Waals surface area (Å²) in [5.74, 6) is -0.131. The Hall–Kier alpha value is -1.91. The molecule has 102 valence electrons. The maximum absolute atomic E-state index is 11.8. The highest BCUT2D eigenvalue weighted by molar-refractivity contribution is 5.87. The van der Waals surface area contributed by atoms with Crippen LogP contribution >= 0.6 is 0 Å². The Bertz CT molecular complexity index is 434. The third kappa shape index (κ3) is 4.35. The molecule has 2 heterocycles. The first-order valence-corrected chi connectivity index (χ1v) is 6.71. The number of rotatable bonds is 4. The molecule has 2 rings (SSSR count). The molecule has 0 aromatic carbocycles. The summed E-state index contributed by atoms with van der Waals surface area (Å²) in [5.41, 5.74) is 1.08. The molecule has 1 aliphatic rings. The summed E-state index contributed by atoms with van der Waals surface area (Å²) in [4.78, 5) is 27.5. The van der Waals surface area contributed by atoms with Crippen molar-refractivity contribution in [2.45, 2.75) is 38.1 Å². The molecule has 1 unspecified atom stereocenters. The first kappa shape index (κ1) is 13.5. The minimum atomic E-state index is -0.368. The summed E-state index contributed by atoms with van der Waals surface area (Å²) in [6, 6.07) is 3.42. The molecule has 1 aromatic rings. The van der Waals surface area contributed by atoms with Crippen LogP contribution in [0.4, 0.5) is 0 Å². The van der Waals surface area contributed by atoms with E-state index in [1.165, 1.54) is 0 Å². The second-order valence-corrected chi connectivity index (χ2v) is 4.76. The van der Waals surface area contributed by atoms with Gasteiger partial charge < -0.3 is 10.6 Å². The molecule has 1 aromatic heterocycles. The van der Waals surface area contributed by atoms with Gasteiger partial charge in [0.1, 0.15) is 6.04 Å². The number of aryl methyl sites for hydroxylation is 1. The molecule has 1 atom stereocenters. The topological polar surface area (TPSA) is 71.1 Å². The van der Waals surface area contributed by atoms with E-state index in [2.05, 4.69) is 15.6 Å². The van der Waals surface area contributed by atoms with Crippen LogP contribution < -0.4 is 10.6 Å². The van der Waals surface area contributed by atoms with E-state index in [-0.39, 0.29) is 17.9 Å². The molecule has 5 nitrogen and oxygen atoms in total. The van der Waals surface area contributed by atoms with E-state index in [4.69, 9.17) is 0 Å². The van der Waals surface area contributed by atoms with Gasteiger partial charge in [-0.15, -0.1) is 0 Å². The lowest BCUT2D eigenvalue weighted by Crippen LogP contribution is -2.45. The average molecular weight is 261 g/mol. The second-order valence-electron chi connectivity index (χ2n) is 4.76. The van der Waals surface area contributed by atoms with Gasteiger partial charge in [-0.3, -0.25) is 14.6 Å². The largest absolute Gasteiger partial charge is 0.354 e. The molecular formula is C14H19N3O2. The van der Waals surface area contributed by atoms with Crippen LogP contribution in [-0.4, -0.2) is 29.4 Å². The van der Waals surface area contributed by atoms with Crippen LogP contribution in [0.15, 0.2) is 24.5 Å². The highest BCUT2D eigenvalue weighted by atomic mass is 16.2. The molecule has 5 heteroatoms. The molecule has 1 aliphatic heterocycles. The number of nitrogens with zero attached hydrogens (tertiary/aromatic N) is 1. The Kier molecular flexibility index (Phi) is 4.89. The highest BCUT2D eigenvalue weighted by Crippen LogP contribution is 2.06. The molecule has 0 spiro atoms. The Morgan fingerprint density at radius 2 is 2.16 bits per heavy atom. The van der Waals surface area contributed by atoms with Crippen LogP contribution in [0.3, 0.4) is 0 Å². The van der Waals surface area contributed by atoms with Crippen LogP contribution in [0.5, 0.6) is 0 Å². The van der Waals surface area contributed by atoms with E-state index in [1.54, 1.807) is 12.4 Å². The lowest BCUT2D eigenvalue weighted by atomic mass is 10.1. The molecule has 0 radical (unpaired) electrons. The Morgan fingerprint density at radius 3 is 2.95 bits per heavy atom. The van der Waals surface area contributed by atoms with Crippen LogP contribution in [-0.2, 0) is 16.0 Å². The molecule has 0 aliphatic carbocycles. The fraction of sp³-hybridized carbons (Fsp3) is 0.500. The monoisotopic (exact) mass is 261 g/mol. The maximum Gasteiger partial charge on any atom is 0.242 e. The van der Waals surface area contributed by atoms with Gasteiger partial charge in [0.2, 0.25) is 11.8 Å². The number of nitrogens with one attached hydrogen (secondary N) is 2. The summed E-state index contributed by atoms with van der Waals surface area (Å²) in [5, 5.41) is 5.62. The lowest BCUT2D eigenvalue weighted by Gasteiger charge is -2.15. The van der Waals surface area contributed by atoms with Gasteiger partial charge in [0.15, 0.2) is 0 Å². The zero-order chi connectivity index (χ0) is 13.5. The van der Waals surface area contributed by atoms with Gasteiger partial charge in [-0.2, -0.15) is 0 Å². The average Bonchev–Trinajstić information content (AvgIpc) is 2.63. The number of amides is 2. The Morgan fingerprint density at radius 1 is 1.37 bits per heavy atom. The minimum Gasteiger partial charge on any atom is -0.354 e. The quantitative estimate of drug-likeness (QED) is 0.842. The number of carbonyl (C=O) groups excluding carboxylic acids is 2. The first-order chi connectivity index (χ1) is 9.25.